The van der Waals surface area contributed by atoms with Crippen LogP contribution in [0.15, 0.2) is 53.7 Å². The SMILES string of the molecule is O=S(=O)(NS(=O)(=O)C1Cc2ccccc2C1)c1ccccn1. The average molecular weight is 338 g/mol. The van der Waals surface area contributed by atoms with E-state index in [1.54, 1.807) is 6.07 Å². The zero-order valence-corrected chi connectivity index (χ0v) is 13.1. The number of aromatic nitrogens is 1. The summed E-state index contributed by atoms with van der Waals surface area (Å²) < 4.78 is 50.8. The highest BCUT2D eigenvalue weighted by Crippen LogP contribution is 2.26. The zero-order chi connectivity index (χ0) is 15.8. The molecule has 1 aliphatic carbocycles. The van der Waals surface area contributed by atoms with Crippen molar-refractivity contribution < 1.29 is 16.8 Å². The second-order valence-corrected chi connectivity index (χ2v) is 8.95. The summed E-state index contributed by atoms with van der Waals surface area (Å²) >= 11 is 0. The fourth-order valence-corrected chi connectivity index (χ4v) is 5.87. The molecule has 1 heterocycles. The Morgan fingerprint density at radius 2 is 1.50 bits per heavy atom. The van der Waals surface area contributed by atoms with Crippen molar-refractivity contribution in [3.8, 4) is 0 Å². The summed E-state index contributed by atoms with van der Waals surface area (Å²) in [6.45, 7) is 0. The first-order valence-electron chi connectivity index (χ1n) is 6.64. The van der Waals surface area contributed by atoms with Crippen LogP contribution in [0.2, 0.25) is 0 Å². The highest BCUT2D eigenvalue weighted by atomic mass is 32.3. The molecule has 0 saturated carbocycles. The third-order valence-corrected chi connectivity index (χ3v) is 7.40. The van der Waals surface area contributed by atoms with E-state index in [-0.39, 0.29) is 5.03 Å². The molecule has 8 heteroatoms. The Morgan fingerprint density at radius 3 is 2.05 bits per heavy atom. The van der Waals surface area contributed by atoms with Gasteiger partial charge in [0.1, 0.15) is 0 Å². The summed E-state index contributed by atoms with van der Waals surface area (Å²) in [7, 11) is -8.20. The van der Waals surface area contributed by atoms with Crippen molar-refractivity contribution in [2.45, 2.75) is 23.1 Å². The Balaban J connectivity index is 1.84. The molecule has 116 valence electrons. The smallest absolute Gasteiger partial charge is 0.243 e. The molecule has 0 bridgehead atoms. The van der Waals surface area contributed by atoms with Gasteiger partial charge in [-0.1, -0.05) is 30.3 Å². The fraction of sp³-hybridized carbons (Fsp3) is 0.214. The molecule has 1 aromatic heterocycles. The molecule has 0 aliphatic heterocycles. The van der Waals surface area contributed by atoms with E-state index >= 15 is 0 Å². The maximum absolute atomic E-state index is 12.4. The lowest BCUT2D eigenvalue weighted by molar-refractivity contribution is 0.565. The third-order valence-electron chi connectivity index (χ3n) is 3.59. The summed E-state index contributed by atoms with van der Waals surface area (Å²) in [5, 5.41) is -1.10. The lowest BCUT2D eigenvalue weighted by Gasteiger charge is -2.12. The van der Waals surface area contributed by atoms with E-state index in [9.17, 15) is 16.8 Å². The van der Waals surface area contributed by atoms with Crippen LogP contribution in [-0.4, -0.2) is 27.1 Å². The molecule has 1 aromatic carbocycles. The number of benzene rings is 1. The van der Waals surface area contributed by atoms with E-state index in [2.05, 4.69) is 4.98 Å². The monoisotopic (exact) mass is 338 g/mol. The molecule has 2 aromatic rings. The molecule has 0 fully saturated rings. The number of fused-ring (bicyclic) bond motifs is 1. The lowest BCUT2D eigenvalue weighted by atomic mass is 10.1. The Bertz CT molecular complexity index is 868. The van der Waals surface area contributed by atoms with Crippen molar-refractivity contribution >= 4 is 20.0 Å². The average Bonchev–Trinajstić information content (AvgIpc) is 2.92. The predicted octanol–water partition coefficient (Wildman–Crippen LogP) is 0.857. The molecule has 22 heavy (non-hydrogen) atoms. The number of pyridine rings is 1. The molecule has 1 N–H and O–H groups in total. The molecule has 0 amide bonds. The zero-order valence-electron chi connectivity index (χ0n) is 11.5. The van der Waals surface area contributed by atoms with Gasteiger partial charge in [-0.2, -0.15) is 0 Å². The molecule has 3 rings (SSSR count). The van der Waals surface area contributed by atoms with E-state index in [4.69, 9.17) is 0 Å². The van der Waals surface area contributed by atoms with Crippen LogP contribution < -0.4 is 4.13 Å². The van der Waals surface area contributed by atoms with Gasteiger partial charge >= 0.3 is 0 Å². The van der Waals surface area contributed by atoms with Gasteiger partial charge in [-0.3, -0.25) is 0 Å². The van der Waals surface area contributed by atoms with Crippen molar-refractivity contribution in [3.05, 3.63) is 59.8 Å². The maximum atomic E-state index is 12.4. The van der Waals surface area contributed by atoms with Crippen molar-refractivity contribution in [2.24, 2.45) is 0 Å². The van der Waals surface area contributed by atoms with Gasteiger partial charge in [0.25, 0.3) is 10.0 Å². The molecule has 0 unspecified atom stereocenters. The van der Waals surface area contributed by atoms with Gasteiger partial charge in [-0.25, -0.2) is 21.8 Å². The number of rotatable bonds is 4. The number of sulfonamides is 2. The topological polar surface area (TPSA) is 93.2 Å². The highest BCUT2D eigenvalue weighted by Gasteiger charge is 2.35. The number of hydrogen-bond donors (Lipinski definition) is 1. The van der Waals surface area contributed by atoms with Crippen LogP contribution in [0.5, 0.6) is 0 Å². The van der Waals surface area contributed by atoms with E-state index in [0.717, 1.165) is 11.1 Å². The van der Waals surface area contributed by atoms with Crippen LogP contribution >= 0.6 is 0 Å². The molecular formula is C14H14N2O4S2. The van der Waals surface area contributed by atoms with Crippen molar-refractivity contribution in [3.63, 3.8) is 0 Å². The van der Waals surface area contributed by atoms with Crippen molar-refractivity contribution in [1.29, 1.82) is 0 Å². The van der Waals surface area contributed by atoms with Gasteiger partial charge in [-0.05, 0) is 36.1 Å². The van der Waals surface area contributed by atoms with Crippen LogP contribution in [0.25, 0.3) is 0 Å². The van der Waals surface area contributed by atoms with Crippen LogP contribution in [0.4, 0.5) is 0 Å². The largest absolute Gasteiger partial charge is 0.270 e. The lowest BCUT2D eigenvalue weighted by Crippen LogP contribution is -2.39. The molecule has 0 saturated heterocycles. The predicted molar refractivity (Wildman–Crippen MR) is 81.1 cm³/mol. The summed E-state index contributed by atoms with van der Waals surface area (Å²) in [6, 6.07) is 11.7. The highest BCUT2D eigenvalue weighted by molar-refractivity contribution is 8.05. The number of nitrogens with zero attached hydrogens (tertiary/aromatic N) is 1. The Kier molecular flexibility index (Phi) is 3.75. The third kappa shape index (κ3) is 2.90. The second kappa shape index (κ2) is 5.45. The van der Waals surface area contributed by atoms with E-state index < -0.39 is 25.3 Å². The molecule has 0 atom stereocenters. The van der Waals surface area contributed by atoms with Gasteiger partial charge < -0.3 is 0 Å². The summed E-state index contributed by atoms with van der Waals surface area (Å²) in [4.78, 5) is 3.69. The minimum absolute atomic E-state index is 0.309. The molecular weight excluding hydrogens is 324 g/mol. The summed E-state index contributed by atoms with van der Waals surface area (Å²) in [6.07, 6.45) is 1.92. The quantitative estimate of drug-likeness (QED) is 0.892. The van der Waals surface area contributed by atoms with Crippen molar-refractivity contribution in [2.75, 3.05) is 0 Å². The van der Waals surface area contributed by atoms with Gasteiger partial charge in [-0.15, -0.1) is 4.13 Å². The first-order valence-corrected chi connectivity index (χ1v) is 9.67. The standard InChI is InChI=1S/C14H14N2O4S2/c17-21(18,13-9-11-5-1-2-6-12(11)10-13)16-22(19,20)14-7-3-4-8-15-14/h1-8,13,16H,9-10H2. The van der Waals surface area contributed by atoms with Gasteiger partial charge in [0.15, 0.2) is 5.03 Å². The number of hydrogen-bond acceptors (Lipinski definition) is 5. The summed E-state index contributed by atoms with van der Waals surface area (Å²) in [5.74, 6) is 0. The van der Waals surface area contributed by atoms with Gasteiger partial charge in [0, 0.05) is 6.20 Å². The van der Waals surface area contributed by atoms with Crippen LogP contribution in [-0.2, 0) is 32.9 Å². The number of nitrogens with one attached hydrogen (secondary N) is 1. The minimum Gasteiger partial charge on any atom is -0.243 e. The molecule has 0 spiro atoms. The van der Waals surface area contributed by atoms with E-state index in [1.807, 2.05) is 28.4 Å². The second-order valence-electron chi connectivity index (χ2n) is 5.10. The molecule has 6 nitrogen and oxygen atoms in total. The van der Waals surface area contributed by atoms with Gasteiger partial charge in [0.05, 0.1) is 5.25 Å². The Labute approximate surface area is 129 Å². The van der Waals surface area contributed by atoms with E-state index in [1.165, 1.54) is 18.3 Å². The van der Waals surface area contributed by atoms with Crippen LogP contribution in [0, 0.1) is 0 Å². The summed E-state index contributed by atoms with van der Waals surface area (Å²) in [5.41, 5.74) is 1.88. The first-order chi connectivity index (χ1) is 10.4. The maximum Gasteiger partial charge on any atom is 0.270 e. The van der Waals surface area contributed by atoms with Crippen molar-refractivity contribution in [1.82, 2.24) is 9.11 Å². The Hall–Kier alpha value is -1.77. The van der Waals surface area contributed by atoms with Crippen LogP contribution in [0.3, 0.4) is 0 Å². The van der Waals surface area contributed by atoms with E-state index in [0.29, 0.717) is 12.8 Å². The Morgan fingerprint density at radius 1 is 0.909 bits per heavy atom. The van der Waals surface area contributed by atoms with Gasteiger partial charge in [0.2, 0.25) is 10.0 Å². The molecule has 1 aliphatic rings. The molecule has 0 radical (unpaired) electrons. The van der Waals surface area contributed by atoms with Crippen LogP contribution in [0.1, 0.15) is 11.1 Å². The first kappa shape index (κ1) is 15.1. The normalized spacial score (nSPS) is 15.6. The minimum atomic E-state index is -4.19. The fourth-order valence-electron chi connectivity index (χ4n) is 2.51.